The number of piperidine rings is 1. The third kappa shape index (κ3) is 5.59. The maximum Gasteiger partial charge on any atom is 0.410 e. The lowest BCUT2D eigenvalue weighted by Gasteiger charge is -2.50. The van der Waals surface area contributed by atoms with Crippen LogP contribution in [0.15, 0.2) is 65.7 Å². The number of amides is 1. The van der Waals surface area contributed by atoms with Gasteiger partial charge in [-0.1, -0.05) is 38.1 Å². The Kier molecular flexibility index (Phi) is 6.99. The van der Waals surface area contributed by atoms with Gasteiger partial charge in [0.25, 0.3) is 5.56 Å². The summed E-state index contributed by atoms with van der Waals surface area (Å²) >= 11 is 0. The summed E-state index contributed by atoms with van der Waals surface area (Å²) in [5, 5.41) is 11.8. The van der Waals surface area contributed by atoms with Crippen LogP contribution in [0.25, 0.3) is 22.4 Å². The molecule has 1 amide bonds. The van der Waals surface area contributed by atoms with E-state index >= 15 is 0 Å². The number of pyridine rings is 2. The first kappa shape index (κ1) is 26.5. The molecule has 196 valence electrons. The lowest BCUT2D eigenvalue weighted by atomic mass is 9.70. The Bertz CT molecular complexity index is 1350. The molecule has 1 aliphatic heterocycles. The van der Waals surface area contributed by atoms with Crippen LogP contribution in [0.4, 0.5) is 9.18 Å². The first-order valence-electron chi connectivity index (χ1n) is 12.4. The molecular formula is C29H34FN3O4. The highest BCUT2D eigenvalue weighted by molar-refractivity contribution is 5.81. The van der Waals surface area contributed by atoms with Crippen LogP contribution >= 0.6 is 0 Å². The number of halogens is 1. The minimum Gasteiger partial charge on any atom is -0.444 e. The average molecular weight is 508 g/mol. The molecule has 0 radical (unpaired) electrons. The zero-order chi connectivity index (χ0) is 27.0. The van der Waals surface area contributed by atoms with Gasteiger partial charge in [0.15, 0.2) is 0 Å². The molecule has 1 aliphatic rings. The topological polar surface area (TPSA) is 84.7 Å². The van der Waals surface area contributed by atoms with E-state index in [0.29, 0.717) is 28.9 Å². The molecule has 1 N–H and O–H groups in total. The van der Waals surface area contributed by atoms with Gasteiger partial charge >= 0.3 is 6.09 Å². The third-order valence-electron chi connectivity index (χ3n) is 6.96. The Hall–Kier alpha value is -3.52. The maximum atomic E-state index is 14.7. The van der Waals surface area contributed by atoms with Gasteiger partial charge < -0.3 is 19.3 Å². The summed E-state index contributed by atoms with van der Waals surface area (Å²) in [6, 6.07) is 13.1. The molecule has 0 saturated carbocycles. The number of aliphatic hydroxyl groups is 1. The van der Waals surface area contributed by atoms with Gasteiger partial charge in [-0.2, -0.15) is 0 Å². The minimum atomic E-state index is -1.28. The number of hydrogen-bond donors (Lipinski definition) is 1. The number of benzene rings is 1. The standard InChI is InChI=1S/C29H34FN3O4/c1-27(2,3)37-26(35)32-15-13-29(36,28(4,5)18-32)19-33-17-22(24-12-8-9-14-31-24)21(16-25(33)34)20-10-6-7-11-23(20)30/h6-12,14,16-17,36H,13,15,18-19H2,1-5H3. The molecule has 0 spiro atoms. The second-order valence-electron chi connectivity index (χ2n) is 11.3. The Morgan fingerprint density at radius 2 is 1.81 bits per heavy atom. The van der Waals surface area contributed by atoms with E-state index in [0.717, 1.165) is 0 Å². The Morgan fingerprint density at radius 3 is 2.43 bits per heavy atom. The molecule has 1 unspecified atom stereocenters. The fourth-order valence-corrected chi connectivity index (χ4v) is 4.74. The SMILES string of the molecule is CC(C)(C)OC(=O)N1CCC(O)(Cn2cc(-c3ccccn3)c(-c3ccccc3F)cc2=O)C(C)(C)C1. The van der Waals surface area contributed by atoms with Crippen LogP contribution in [0.1, 0.15) is 41.0 Å². The highest BCUT2D eigenvalue weighted by Gasteiger charge is 2.49. The highest BCUT2D eigenvalue weighted by Crippen LogP contribution is 2.40. The van der Waals surface area contributed by atoms with Crippen molar-refractivity contribution in [1.82, 2.24) is 14.5 Å². The molecule has 1 aromatic carbocycles. The van der Waals surface area contributed by atoms with Gasteiger partial charge in [-0.15, -0.1) is 0 Å². The van der Waals surface area contributed by atoms with Crippen molar-refractivity contribution in [2.75, 3.05) is 13.1 Å². The molecule has 4 rings (SSSR count). The molecule has 1 saturated heterocycles. The van der Waals surface area contributed by atoms with Crippen LogP contribution in [-0.4, -0.2) is 49.9 Å². The number of aromatic nitrogens is 2. The van der Waals surface area contributed by atoms with Crippen molar-refractivity contribution < 1.29 is 19.0 Å². The molecule has 37 heavy (non-hydrogen) atoms. The van der Waals surface area contributed by atoms with E-state index in [1.54, 1.807) is 47.6 Å². The molecule has 8 heteroatoms. The van der Waals surface area contributed by atoms with Gasteiger partial charge in [0.1, 0.15) is 11.4 Å². The first-order chi connectivity index (χ1) is 17.3. The number of carbonyl (C=O) groups excluding carboxylic acids is 1. The molecule has 3 aromatic rings. The molecular weight excluding hydrogens is 473 g/mol. The molecule has 7 nitrogen and oxygen atoms in total. The summed E-state index contributed by atoms with van der Waals surface area (Å²) in [6.45, 7) is 9.77. The number of rotatable bonds is 4. The average Bonchev–Trinajstić information content (AvgIpc) is 2.82. The van der Waals surface area contributed by atoms with Crippen molar-refractivity contribution in [2.24, 2.45) is 5.41 Å². The number of ether oxygens (including phenoxy) is 1. The summed E-state index contributed by atoms with van der Waals surface area (Å²) < 4.78 is 21.7. The molecule has 0 aliphatic carbocycles. The van der Waals surface area contributed by atoms with Gasteiger partial charge in [-0.3, -0.25) is 9.78 Å². The zero-order valence-electron chi connectivity index (χ0n) is 22.0. The second-order valence-corrected chi connectivity index (χ2v) is 11.3. The Morgan fingerprint density at radius 1 is 1.11 bits per heavy atom. The van der Waals surface area contributed by atoms with Crippen LogP contribution in [-0.2, 0) is 11.3 Å². The fraction of sp³-hybridized carbons (Fsp3) is 0.414. The van der Waals surface area contributed by atoms with E-state index in [9.17, 15) is 19.1 Å². The van der Waals surface area contributed by atoms with Gasteiger partial charge in [0, 0.05) is 53.7 Å². The minimum absolute atomic E-state index is 0.0123. The quantitative estimate of drug-likeness (QED) is 0.530. The summed E-state index contributed by atoms with van der Waals surface area (Å²) in [5.41, 5.74) is -1.10. The molecule has 1 atom stereocenters. The highest BCUT2D eigenvalue weighted by atomic mass is 19.1. The Balaban J connectivity index is 1.70. The number of nitrogens with zero attached hydrogens (tertiary/aromatic N) is 3. The molecule has 2 aromatic heterocycles. The van der Waals surface area contributed by atoms with Crippen molar-refractivity contribution in [3.63, 3.8) is 0 Å². The molecule has 1 fully saturated rings. The predicted molar refractivity (Wildman–Crippen MR) is 140 cm³/mol. The monoisotopic (exact) mass is 507 g/mol. The van der Waals surface area contributed by atoms with E-state index in [-0.39, 0.29) is 25.1 Å². The second kappa shape index (κ2) is 9.74. The van der Waals surface area contributed by atoms with Crippen molar-refractivity contribution in [2.45, 2.75) is 58.8 Å². The van der Waals surface area contributed by atoms with E-state index in [4.69, 9.17) is 4.74 Å². The Labute approximate surface area is 216 Å². The van der Waals surface area contributed by atoms with Crippen molar-refractivity contribution in [3.05, 3.63) is 77.1 Å². The number of carbonyl (C=O) groups is 1. The van der Waals surface area contributed by atoms with E-state index in [2.05, 4.69) is 4.98 Å². The van der Waals surface area contributed by atoms with Crippen LogP contribution in [0.5, 0.6) is 0 Å². The van der Waals surface area contributed by atoms with Crippen LogP contribution < -0.4 is 5.56 Å². The predicted octanol–water partition coefficient (Wildman–Crippen LogP) is 5.11. The molecule has 0 bridgehead atoms. The summed E-state index contributed by atoms with van der Waals surface area (Å²) in [6.07, 6.45) is 3.12. The van der Waals surface area contributed by atoms with Crippen molar-refractivity contribution >= 4 is 6.09 Å². The van der Waals surface area contributed by atoms with E-state index < -0.39 is 28.5 Å². The zero-order valence-corrected chi connectivity index (χ0v) is 22.0. The maximum absolute atomic E-state index is 14.7. The van der Waals surface area contributed by atoms with Gasteiger partial charge in [-0.25, -0.2) is 9.18 Å². The van der Waals surface area contributed by atoms with Gasteiger partial charge in [0.2, 0.25) is 0 Å². The third-order valence-corrected chi connectivity index (χ3v) is 6.96. The largest absolute Gasteiger partial charge is 0.444 e. The van der Waals surface area contributed by atoms with E-state index in [1.807, 2.05) is 40.7 Å². The van der Waals surface area contributed by atoms with Crippen LogP contribution in [0, 0.1) is 11.2 Å². The smallest absolute Gasteiger partial charge is 0.410 e. The number of hydrogen-bond acceptors (Lipinski definition) is 5. The summed E-state index contributed by atoms with van der Waals surface area (Å²) in [5.74, 6) is -0.439. The van der Waals surface area contributed by atoms with Gasteiger partial charge in [-0.05, 0) is 45.4 Å². The lowest BCUT2D eigenvalue weighted by Crippen LogP contribution is -2.61. The van der Waals surface area contributed by atoms with E-state index in [1.165, 1.54) is 16.7 Å². The molecule has 3 heterocycles. The summed E-state index contributed by atoms with van der Waals surface area (Å²) in [4.78, 5) is 32.0. The van der Waals surface area contributed by atoms with Crippen molar-refractivity contribution in [3.8, 4) is 22.4 Å². The van der Waals surface area contributed by atoms with Crippen LogP contribution in [0.2, 0.25) is 0 Å². The number of likely N-dealkylation sites (tertiary alicyclic amines) is 1. The first-order valence-corrected chi connectivity index (χ1v) is 12.4. The van der Waals surface area contributed by atoms with Gasteiger partial charge in [0.05, 0.1) is 17.8 Å². The summed E-state index contributed by atoms with van der Waals surface area (Å²) in [7, 11) is 0. The van der Waals surface area contributed by atoms with Crippen LogP contribution in [0.3, 0.4) is 0 Å². The normalized spacial score (nSPS) is 19.5. The fourth-order valence-electron chi connectivity index (χ4n) is 4.74. The lowest BCUT2D eigenvalue weighted by molar-refractivity contribution is -0.126. The van der Waals surface area contributed by atoms with Crippen molar-refractivity contribution in [1.29, 1.82) is 0 Å².